The summed E-state index contributed by atoms with van der Waals surface area (Å²) in [5.74, 6) is 6.66. The van der Waals surface area contributed by atoms with Crippen LogP contribution in [-0.2, 0) is 4.79 Å². The van der Waals surface area contributed by atoms with Gasteiger partial charge in [-0.15, -0.1) is 0 Å². The quantitative estimate of drug-likeness (QED) is 0.600. The van der Waals surface area contributed by atoms with Gasteiger partial charge in [-0.3, -0.25) is 4.79 Å². The van der Waals surface area contributed by atoms with E-state index in [1.54, 1.807) is 0 Å². The van der Waals surface area contributed by atoms with Gasteiger partial charge >= 0.3 is 0 Å². The monoisotopic (exact) mass is 255 g/mol. The lowest BCUT2D eigenvalue weighted by Gasteiger charge is -2.19. The first kappa shape index (κ1) is 13.7. The Morgan fingerprint density at radius 2 is 1.95 bits per heavy atom. The first-order chi connectivity index (χ1) is 9.36. The summed E-state index contributed by atoms with van der Waals surface area (Å²) in [5.41, 5.74) is 1.06. The highest BCUT2D eigenvalue weighted by Crippen LogP contribution is 2.11. The molecule has 1 aliphatic rings. The van der Waals surface area contributed by atoms with Crippen molar-refractivity contribution in [1.82, 2.24) is 4.90 Å². The van der Waals surface area contributed by atoms with Gasteiger partial charge in [0.1, 0.15) is 0 Å². The summed E-state index contributed by atoms with van der Waals surface area (Å²) in [5, 5.41) is 0. The average molecular weight is 255 g/mol. The molecule has 1 amide bonds. The predicted octanol–water partition coefficient (Wildman–Crippen LogP) is 3.22. The molecule has 1 aliphatic heterocycles. The molecule has 2 nitrogen and oxygen atoms in total. The Hall–Kier alpha value is -1.75. The van der Waals surface area contributed by atoms with Gasteiger partial charge in [0.15, 0.2) is 0 Å². The summed E-state index contributed by atoms with van der Waals surface area (Å²) < 4.78 is 0. The zero-order valence-corrected chi connectivity index (χ0v) is 11.4. The second-order valence-electron chi connectivity index (χ2n) is 4.96. The third-order valence-electron chi connectivity index (χ3n) is 3.41. The lowest BCUT2D eigenvalue weighted by atomic mass is 10.2. The zero-order chi connectivity index (χ0) is 13.3. The van der Waals surface area contributed by atoms with Gasteiger partial charge in [0.05, 0.1) is 0 Å². The van der Waals surface area contributed by atoms with Crippen molar-refractivity contribution in [3.63, 3.8) is 0 Å². The summed E-state index contributed by atoms with van der Waals surface area (Å²) in [6.45, 7) is 1.80. The second kappa shape index (κ2) is 7.63. The highest BCUT2D eigenvalue weighted by atomic mass is 16.2. The van der Waals surface area contributed by atoms with Crippen molar-refractivity contribution in [1.29, 1.82) is 0 Å². The van der Waals surface area contributed by atoms with E-state index in [9.17, 15) is 4.79 Å². The summed E-state index contributed by atoms with van der Waals surface area (Å²) in [4.78, 5) is 13.8. The fourth-order valence-electron chi connectivity index (χ4n) is 2.32. The van der Waals surface area contributed by atoms with Gasteiger partial charge in [0.2, 0.25) is 5.91 Å². The average Bonchev–Trinajstić information content (AvgIpc) is 2.65. The molecule has 0 saturated carbocycles. The molecule has 2 rings (SSSR count). The Balaban J connectivity index is 1.72. The van der Waals surface area contributed by atoms with Crippen molar-refractivity contribution in [2.24, 2.45) is 0 Å². The van der Waals surface area contributed by atoms with Crippen LogP contribution in [0.3, 0.4) is 0 Å². The van der Waals surface area contributed by atoms with Crippen LogP contribution in [0.2, 0.25) is 0 Å². The number of rotatable bonds is 3. The van der Waals surface area contributed by atoms with E-state index in [1.165, 1.54) is 6.42 Å². The van der Waals surface area contributed by atoms with Crippen LogP contribution in [0.25, 0.3) is 0 Å². The minimum absolute atomic E-state index is 0.327. The SMILES string of the molecule is O=C1CCCCCN1CCCC#Cc1ccccc1. The van der Waals surface area contributed by atoms with Crippen molar-refractivity contribution in [3.8, 4) is 11.8 Å². The number of unbranched alkanes of at least 4 members (excludes halogenated alkanes) is 1. The number of likely N-dealkylation sites (tertiary alicyclic amines) is 1. The molecule has 0 bridgehead atoms. The number of benzene rings is 1. The first-order valence-electron chi connectivity index (χ1n) is 7.18. The molecule has 0 spiro atoms. The maximum Gasteiger partial charge on any atom is 0.222 e. The normalized spacial score (nSPS) is 15.6. The minimum atomic E-state index is 0.327. The molecule has 19 heavy (non-hydrogen) atoms. The van der Waals surface area contributed by atoms with Gasteiger partial charge in [0, 0.05) is 31.5 Å². The molecule has 0 aromatic heterocycles. The molecule has 2 heteroatoms. The van der Waals surface area contributed by atoms with E-state index in [4.69, 9.17) is 0 Å². The number of carbonyl (C=O) groups is 1. The van der Waals surface area contributed by atoms with Gasteiger partial charge in [-0.1, -0.05) is 36.5 Å². The van der Waals surface area contributed by atoms with E-state index in [-0.39, 0.29) is 0 Å². The molecule has 0 radical (unpaired) electrons. The Labute approximate surface area is 115 Å². The molecule has 0 atom stereocenters. The number of hydrogen-bond acceptors (Lipinski definition) is 1. The number of nitrogens with zero attached hydrogens (tertiary/aromatic N) is 1. The zero-order valence-electron chi connectivity index (χ0n) is 11.4. The van der Waals surface area contributed by atoms with Gasteiger partial charge in [-0.05, 0) is 31.4 Å². The maximum absolute atomic E-state index is 11.8. The highest BCUT2D eigenvalue weighted by molar-refractivity contribution is 5.76. The van der Waals surface area contributed by atoms with E-state index in [2.05, 4.69) is 11.8 Å². The summed E-state index contributed by atoms with van der Waals surface area (Å²) in [6, 6.07) is 10.0. The summed E-state index contributed by atoms with van der Waals surface area (Å²) in [7, 11) is 0. The van der Waals surface area contributed by atoms with Crippen LogP contribution in [0.1, 0.15) is 44.1 Å². The van der Waals surface area contributed by atoms with Crippen molar-refractivity contribution < 1.29 is 4.79 Å². The molecule has 1 heterocycles. The van der Waals surface area contributed by atoms with E-state index in [1.807, 2.05) is 35.2 Å². The smallest absolute Gasteiger partial charge is 0.222 e. The fourth-order valence-corrected chi connectivity index (χ4v) is 2.32. The molecular weight excluding hydrogens is 234 g/mol. The summed E-state index contributed by atoms with van der Waals surface area (Å²) >= 11 is 0. The predicted molar refractivity (Wildman–Crippen MR) is 77.6 cm³/mol. The van der Waals surface area contributed by atoms with Crippen LogP contribution >= 0.6 is 0 Å². The number of hydrogen-bond donors (Lipinski definition) is 0. The third kappa shape index (κ3) is 4.79. The molecule has 1 saturated heterocycles. The molecular formula is C17H21NO. The number of amides is 1. The molecule has 0 N–H and O–H groups in total. The van der Waals surface area contributed by atoms with E-state index in [0.717, 1.165) is 50.8 Å². The molecule has 1 aromatic rings. The Kier molecular flexibility index (Phi) is 5.49. The molecule has 100 valence electrons. The van der Waals surface area contributed by atoms with Gasteiger partial charge in [0.25, 0.3) is 0 Å². The van der Waals surface area contributed by atoms with Crippen LogP contribution in [0.5, 0.6) is 0 Å². The third-order valence-corrected chi connectivity index (χ3v) is 3.41. The van der Waals surface area contributed by atoms with Gasteiger partial charge in [-0.2, -0.15) is 0 Å². The van der Waals surface area contributed by atoms with Crippen molar-refractivity contribution in [3.05, 3.63) is 35.9 Å². The number of carbonyl (C=O) groups excluding carboxylic acids is 1. The van der Waals surface area contributed by atoms with Crippen LogP contribution in [0.4, 0.5) is 0 Å². The minimum Gasteiger partial charge on any atom is -0.343 e. The van der Waals surface area contributed by atoms with Gasteiger partial charge < -0.3 is 4.90 Å². The Bertz CT molecular complexity index is 455. The van der Waals surface area contributed by atoms with Gasteiger partial charge in [-0.25, -0.2) is 0 Å². The molecule has 0 unspecified atom stereocenters. The van der Waals surface area contributed by atoms with E-state index < -0.39 is 0 Å². The van der Waals surface area contributed by atoms with Crippen LogP contribution in [0, 0.1) is 11.8 Å². The fraction of sp³-hybridized carbons (Fsp3) is 0.471. The van der Waals surface area contributed by atoms with E-state index in [0.29, 0.717) is 5.91 Å². The highest BCUT2D eigenvalue weighted by Gasteiger charge is 2.15. The van der Waals surface area contributed by atoms with Crippen molar-refractivity contribution in [2.75, 3.05) is 13.1 Å². The molecule has 1 aromatic carbocycles. The Morgan fingerprint density at radius 3 is 2.79 bits per heavy atom. The topological polar surface area (TPSA) is 20.3 Å². The van der Waals surface area contributed by atoms with Crippen LogP contribution < -0.4 is 0 Å². The molecule has 0 aliphatic carbocycles. The lowest BCUT2D eigenvalue weighted by molar-refractivity contribution is -0.130. The van der Waals surface area contributed by atoms with Crippen LogP contribution in [-0.4, -0.2) is 23.9 Å². The lowest BCUT2D eigenvalue weighted by Crippen LogP contribution is -2.31. The first-order valence-corrected chi connectivity index (χ1v) is 7.18. The largest absolute Gasteiger partial charge is 0.343 e. The summed E-state index contributed by atoms with van der Waals surface area (Å²) in [6.07, 6.45) is 5.97. The Morgan fingerprint density at radius 1 is 1.11 bits per heavy atom. The standard InChI is InChI=1S/C17H21NO/c19-17-13-7-3-9-15-18(17)14-8-2-6-12-16-10-4-1-5-11-16/h1,4-5,10-11H,2-3,7-9,13-15H2. The van der Waals surface area contributed by atoms with Crippen LogP contribution in [0.15, 0.2) is 30.3 Å². The maximum atomic E-state index is 11.8. The molecule has 1 fully saturated rings. The van der Waals surface area contributed by atoms with Crippen molar-refractivity contribution in [2.45, 2.75) is 38.5 Å². The van der Waals surface area contributed by atoms with E-state index >= 15 is 0 Å². The van der Waals surface area contributed by atoms with Crippen molar-refractivity contribution >= 4 is 5.91 Å². The second-order valence-corrected chi connectivity index (χ2v) is 4.96.